The molecule has 2 aromatic rings. The number of rotatable bonds is 14. The van der Waals surface area contributed by atoms with Crippen LogP contribution in [0, 0.1) is 5.92 Å². The van der Waals surface area contributed by atoms with Gasteiger partial charge in [0.15, 0.2) is 5.78 Å². The van der Waals surface area contributed by atoms with E-state index in [0.717, 1.165) is 43.0 Å². The van der Waals surface area contributed by atoms with E-state index in [1.54, 1.807) is 37.3 Å². The van der Waals surface area contributed by atoms with Crippen LogP contribution in [-0.4, -0.2) is 36.3 Å². The number of halogens is 1. The Hall–Kier alpha value is -2.47. The number of hydrogen-bond acceptors (Lipinski definition) is 5. The number of ketones is 1. The Kier molecular flexibility index (Phi) is 11.9. The summed E-state index contributed by atoms with van der Waals surface area (Å²) in [6, 6.07) is 13.9. The van der Waals surface area contributed by atoms with Gasteiger partial charge in [-0.3, -0.25) is 9.59 Å². The van der Waals surface area contributed by atoms with E-state index in [4.69, 9.17) is 9.47 Å². The number of ether oxygens (including phenoxy) is 2. The van der Waals surface area contributed by atoms with Crippen LogP contribution in [0.1, 0.15) is 77.8 Å². The minimum Gasteiger partial charge on any atom is -0.466 e. The third-order valence-corrected chi connectivity index (χ3v) is 5.92. The molecule has 6 heteroatoms. The van der Waals surface area contributed by atoms with E-state index >= 15 is 0 Å². The maximum Gasteiger partial charge on any atom is 0.338 e. The fourth-order valence-electron chi connectivity index (χ4n) is 3.69. The molecule has 0 heterocycles. The lowest BCUT2D eigenvalue weighted by atomic mass is 9.91. The molecular formula is C27H33BrO5. The van der Waals surface area contributed by atoms with Crippen molar-refractivity contribution in [2.45, 2.75) is 52.4 Å². The third kappa shape index (κ3) is 8.77. The number of hydrogen-bond donors (Lipinski definition) is 0. The van der Waals surface area contributed by atoms with Gasteiger partial charge in [0, 0.05) is 16.5 Å². The zero-order valence-corrected chi connectivity index (χ0v) is 21.1. The fraction of sp³-hybridized carbons (Fsp3) is 0.444. The second-order valence-electron chi connectivity index (χ2n) is 7.88. The highest BCUT2D eigenvalue weighted by Crippen LogP contribution is 2.21. The van der Waals surface area contributed by atoms with Crippen LogP contribution in [0.5, 0.6) is 0 Å². The van der Waals surface area contributed by atoms with Gasteiger partial charge in [0.2, 0.25) is 0 Å². The molecule has 0 fully saturated rings. The van der Waals surface area contributed by atoms with Crippen molar-refractivity contribution < 1.29 is 23.9 Å². The van der Waals surface area contributed by atoms with E-state index in [9.17, 15) is 14.4 Å². The van der Waals surface area contributed by atoms with Crippen molar-refractivity contribution in [3.05, 3.63) is 70.8 Å². The third-order valence-electron chi connectivity index (χ3n) is 5.36. The normalized spacial score (nSPS) is 11.6. The van der Waals surface area contributed by atoms with Gasteiger partial charge in [-0.2, -0.15) is 0 Å². The van der Waals surface area contributed by atoms with Gasteiger partial charge in [-0.05, 0) is 56.9 Å². The number of benzene rings is 2. The number of esters is 2. The molecule has 0 saturated carbocycles. The molecule has 5 nitrogen and oxygen atoms in total. The molecule has 0 amide bonds. The zero-order valence-electron chi connectivity index (χ0n) is 19.5. The number of unbranched alkanes of at least 4 members (excludes halogenated alkanes) is 3. The summed E-state index contributed by atoms with van der Waals surface area (Å²) in [5.41, 5.74) is 2.21. The van der Waals surface area contributed by atoms with Crippen molar-refractivity contribution in [1.29, 1.82) is 0 Å². The molecule has 0 N–H and O–H groups in total. The van der Waals surface area contributed by atoms with E-state index in [-0.39, 0.29) is 24.3 Å². The van der Waals surface area contributed by atoms with Gasteiger partial charge < -0.3 is 9.47 Å². The number of carbonyl (C=O) groups excluding carboxylic acids is 3. The van der Waals surface area contributed by atoms with Crippen molar-refractivity contribution in [1.82, 2.24) is 0 Å². The van der Waals surface area contributed by atoms with Gasteiger partial charge in [-0.1, -0.05) is 65.5 Å². The molecule has 178 valence electrons. The van der Waals surface area contributed by atoms with Gasteiger partial charge in [-0.25, -0.2) is 4.79 Å². The van der Waals surface area contributed by atoms with E-state index in [1.165, 1.54) is 0 Å². The Morgan fingerprint density at radius 1 is 0.818 bits per heavy atom. The molecule has 0 bridgehead atoms. The largest absolute Gasteiger partial charge is 0.466 e. The summed E-state index contributed by atoms with van der Waals surface area (Å²) in [7, 11) is 0. The standard InChI is InChI=1S/C27H33BrO5/c1-3-32-26(30)23(12-7-5-6-8-16-28)18-20-11-9-13-21(17-20)25(29)22-14-10-15-24(19-22)27(31)33-4-2/h9-11,13-15,17,19,23H,3-8,12,16,18H2,1-2H3. The van der Waals surface area contributed by atoms with Crippen molar-refractivity contribution in [3.63, 3.8) is 0 Å². The van der Waals surface area contributed by atoms with Gasteiger partial charge in [0.1, 0.15) is 0 Å². The van der Waals surface area contributed by atoms with E-state index in [1.807, 2.05) is 25.1 Å². The van der Waals surface area contributed by atoms with Crippen LogP contribution < -0.4 is 0 Å². The van der Waals surface area contributed by atoms with Gasteiger partial charge in [0.25, 0.3) is 0 Å². The highest BCUT2D eigenvalue weighted by molar-refractivity contribution is 9.09. The van der Waals surface area contributed by atoms with E-state index in [2.05, 4.69) is 15.9 Å². The molecular weight excluding hydrogens is 484 g/mol. The van der Waals surface area contributed by atoms with Gasteiger partial charge in [0.05, 0.1) is 24.7 Å². The predicted octanol–water partition coefficient (Wildman–Crippen LogP) is 6.16. The lowest BCUT2D eigenvalue weighted by molar-refractivity contribution is -0.148. The Labute approximate surface area is 205 Å². The lowest BCUT2D eigenvalue weighted by Gasteiger charge is -2.16. The number of carbonyl (C=O) groups is 3. The smallest absolute Gasteiger partial charge is 0.338 e. The SMILES string of the molecule is CCOC(=O)c1cccc(C(=O)c2cccc(CC(CCCCCCBr)C(=O)OCC)c2)c1. The van der Waals surface area contributed by atoms with Crippen LogP contribution in [0.2, 0.25) is 0 Å². The Morgan fingerprint density at radius 3 is 2.15 bits per heavy atom. The summed E-state index contributed by atoms with van der Waals surface area (Å²) >= 11 is 3.45. The van der Waals surface area contributed by atoms with Crippen LogP contribution in [0.4, 0.5) is 0 Å². The second kappa shape index (κ2) is 14.6. The molecule has 1 unspecified atom stereocenters. The molecule has 0 aliphatic heterocycles. The number of alkyl halides is 1. The molecule has 2 aromatic carbocycles. The molecule has 0 saturated heterocycles. The van der Waals surface area contributed by atoms with Crippen LogP contribution in [0.3, 0.4) is 0 Å². The van der Waals surface area contributed by atoms with E-state index in [0.29, 0.717) is 29.7 Å². The topological polar surface area (TPSA) is 69.7 Å². The maximum atomic E-state index is 13.1. The van der Waals surface area contributed by atoms with Crippen molar-refractivity contribution in [2.75, 3.05) is 18.5 Å². The van der Waals surface area contributed by atoms with Crippen molar-refractivity contribution in [3.8, 4) is 0 Å². The summed E-state index contributed by atoms with van der Waals surface area (Å²) in [4.78, 5) is 37.6. The Bertz CT molecular complexity index is 924. The van der Waals surface area contributed by atoms with E-state index < -0.39 is 5.97 Å². The maximum absolute atomic E-state index is 13.1. The van der Waals surface area contributed by atoms with Gasteiger partial charge in [-0.15, -0.1) is 0 Å². The Morgan fingerprint density at radius 2 is 1.45 bits per heavy atom. The average molecular weight is 517 g/mol. The average Bonchev–Trinajstić information content (AvgIpc) is 2.83. The molecule has 0 aromatic heterocycles. The zero-order chi connectivity index (χ0) is 24.1. The summed E-state index contributed by atoms with van der Waals surface area (Å²) < 4.78 is 10.3. The monoisotopic (exact) mass is 516 g/mol. The van der Waals surface area contributed by atoms with Crippen LogP contribution >= 0.6 is 15.9 Å². The summed E-state index contributed by atoms with van der Waals surface area (Å²) in [6.45, 7) is 4.19. The first-order valence-electron chi connectivity index (χ1n) is 11.6. The quantitative estimate of drug-likeness (QED) is 0.130. The molecule has 0 aliphatic rings. The minimum absolute atomic E-state index is 0.176. The summed E-state index contributed by atoms with van der Waals surface area (Å²) in [5.74, 6) is -1.04. The van der Waals surface area contributed by atoms with Crippen molar-refractivity contribution >= 4 is 33.7 Å². The fourth-order valence-corrected chi connectivity index (χ4v) is 4.09. The predicted molar refractivity (Wildman–Crippen MR) is 133 cm³/mol. The lowest BCUT2D eigenvalue weighted by Crippen LogP contribution is -2.20. The first-order chi connectivity index (χ1) is 16.0. The van der Waals surface area contributed by atoms with Gasteiger partial charge >= 0.3 is 11.9 Å². The Balaban J connectivity index is 2.14. The molecule has 1 atom stereocenters. The first kappa shape index (κ1) is 26.8. The van der Waals surface area contributed by atoms with Crippen molar-refractivity contribution in [2.24, 2.45) is 5.92 Å². The first-order valence-corrected chi connectivity index (χ1v) is 12.8. The van der Waals surface area contributed by atoms with Crippen LogP contribution in [-0.2, 0) is 20.7 Å². The highest BCUT2D eigenvalue weighted by Gasteiger charge is 2.21. The minimum atomic E-state index is -0.450. The molecule has 0 spiro atoms. The molecule has 2 rings (SSSR count). The highest BCUT2D eigenvalue weighted by atomic mass is 79.9. The molecule has 33 heavy (non-hydrogen) atoms. The summed E-state index contributed by atoms with van der Waals surface area (Å²) in [6.07, 6.45) is 5.61. The second-order valence-corrected chi connectivity index (χ2v) is 8.67. The van der Waals surface area contributed by atoms with Crippen LogP contribution in [0.25, 0.3) is 0 Å². The molecule has 0 aliphatic carbocycles. The van der Waals surface area contributed by atoms with Crippen LogP contribution in [0.15, 0.2) is 48.5 Å². The molecule has 0 radical (unpaired) electrons. The summed E-state index contributed by atoms with van der Waals surface area (Å²) in [5, 5.41) is 0.998.